The molecule has 0 aromatic heterocycles. The molecule has 0 radical (unpaired) electrons. The molecule has 3 saturated carbocycles. The molecule has 4 aliphatic rings. The highest BCUT2D eigenvalue weighted by Crippen LogP contribution is 2.81. The van der Waals surface area contributed by atoms with Gasteiger partial charge in [0.2, 0.25) is 0 Å². The van der Waals surface area contributed by atoms with E-state index in [4.69, 9.17) is 0 Å². The van der Waals surface area contributed by atoms with Crippen molar-refractivity contribution in [1.29, 1.82) is 0 Å². The number of allylic oxidation sites excluding steroid dienone is 2. The van der Waals surface area contributed by atoms with Crippen molar-refractivity contribution in [2.24, 2.45) is 29.1 Å². The minimum absolute atomic E-state index is 0.869. The van der Waals surface area contributed by atoms with Gasteiger partial charge in [-0.05, 0) is 68.6 Å². The van der Waals surface area contributed by atoms with E-state index in [-0.39, 0.29) is 0 Å². The molecule has 0 nitrogen and oxygen atoms in total. The average molecular weight is 174 g/mol. The highest BCUT2D eigenvalue weighted by Gasteiger charge is 2.74. The molecule has 0 aromatic rings. The summed E-state index contributed by atoms with van der Waals surface area (Å²) in [7, 11) is 0. The summed E-state index contributed by atoms with van der Waals surface area (Å²) in [4.78, 5) is 0. The van der Waals surface area contributed by atoms with Crippen LogP contribution in [0.15, 0.2) is 11.1 Å². The number of hydrogen-bond acceptors (Lipinski definition) is 0. The van der Waals surface area contributed by atoms with Crippen LogP contribution in [-0.4, -0.2) is 0 Å². The van der Waals surface area contributed by atoms with Gasteiger partial charge in [-0.2, -0.15) is 0 Å². The van der Waals surface area contributed by atoms with Crippen LogP contribution in [0.4, 0.5) is 0 Å². The smallest absolute Gasteiger partial charge is 0.0109 e. The second kappa shape index (κ2) is 1.76. The maximum absolute atomic E-state index is 2.42. The van der Waals surface area contributed by atoms with Gasteiger partial charge >= 0.3 is 0 Å². The zero-order chi connectivity index (χ0) is 8.79. The minimum Gasteiger partial charge on any atom is -0.0704 e. The molecule has 4 atom stereocenters. The standard InChI is InChI=1S/C13H18/c1-7-8(2)12-6-10-4-3-9-5-11(7)13(9,10)12/h9-12H,3-6H2,1-2H3. The molecular weight excluding hydrogens is 156 g/mol. The molecule has 13 heavy (non-hydrogen) atoms. The summed E-state index contributed by atoms with van der Waals surface area (Å²) >= 11 is 0. The molecule has 3 fully saturated rings. The summed E-state index contributed by atoms with van der Waals surface area (Å²) in [6, 6.07) is 0. The summed E-state index contributed by atoms with van der Waals surface area (Å²) in [6.07, 6.45) is 6.24. The van der Waals surface area contributed by atoms with E-state index in [0.29, 0.717) is 0 Å². The van der Waals surface area contributed by atoms with Gasteiger partial charge in [-0.15, -0.1) is 0 Å². The van der Waals surface area contributed by atoms with Crippen LogP contribution < -0.4 is 0 Å². The highest BCUT2D eigenvalue weighted by molar-refractivity contribution is 5.40. The van der Waals surface area contributed by atoms with E-state index in [1.807, 2.05) is 0 Å². The average Bonchev–Trinajstić information content (AvgIpc) is 2.29. The van der Waals surface area contributed by atoms with Crippen molar-refractivity contribution in [3.63, 3.8) is 0 Å². The third kappa shape index (κ3) is 0.469. The first-order valence-corrected chi connectivity index (χ1v) is 5.93. The van der Waals surface area contributed by atoms with Gasteiger partial charge in [0.05, 0.1) is 0 Å². The van der Waals surface area contributed by atoms with Gasteiger partial charge in [-0.1, -0.05) is 11.1 Å². The molecule has 4 rings (SSSR count). The van der Waals surface area contributed by atoms with Gasteiger partial charge in [-0.25, -0.2) is 0 Å². The molecule has 0 heterocycles. The first-order chi connectivity index (χ1) is 6.26. The van der Waals surface area contributed by atoms with Crippen LogP contribution in [0.3, 0.4) is 0 Å². The van der Waals surface area contributed by atoms with Crippen LogP contribution in [0.25, 0.3) is 0 Å². The Morgan fingerprint density at radius 3 is 1.85 bits per heavy atom. The quantitative estimate of drug-likeness (QED) is 0.494. The third-order valence-corrected chi connectivity index (χ3v) is 6.19. The molecule has 1 spiro atoms. The first kappa shape index (κ1) is 7.09. The zero-order valence-electron chi connectivity index (χ0n) is 8.64. The van der Waals surface area contributed by atoms with E-state index in [2.05, 4.69) is 13.8 Å². The van der Waals surface area contributed by atoms with E-state index in [9.17, 15) is 0 Å². The van der Waals surface area contributed by atoms with Crippen molar-refractivity contribution in [3.8, 4) is 0 Å². The molecule has 0 aromatic carbocycles. The fraction of sp³-hybridized carbons (Fsp3) is 0.846. The van der Waals surface area contributed by atoms with E-state index in [0.717, 1.165) is 29.1 Å². The van der Waals surface area contributed by atoms with Crippen molar-refractivity contribution < 1.29 is 0 Å². The summed E-state index contributed by atoms with van der Waals surface area (Å²) in [5, 5.41) is 0. The van der Waals surface area contributed by atoms with Crippen molar-refractivity contribution >= 4 is 0 Å². The molecule has 0 bridgehead atoms. The Morgan fingerprint density at radius 1 is 0.923 bits per heavy atom. The molecule has 0 N–H and O–H groups in total. The van der Waals surface area contributed by atoms with Gasteiger partial charge in [0.25, 0.3) is 0 Å². The third-order valence-electron chi connectivity index (χ3n) is 6.19. The van der Waals surface area contributed by atoms with Gasteiger partial charge < -0.3 is 0 Å². The van der Waals surface area contributed by atoms with Crippen molar-refractivity contribution in [2.75, 3.05) is 0 Å². The maximum Gasteiger partial charge on any atom is -0.0109 e. The maximum atomic E-state index is 2.42. The van der Waals surface area contributed by atoms with E-state index in [1.165, 1.54) is 0 Å². The lowest BCUT2D eigenvalue weighted by atomic mass is 9.40. The van der Waals surface area contributed by atoms with E-state index >= 15 is 0 Å². The lowest BCUT2D eigenvalue weighted by molar-refractivity contribution is -0.139. The fourth-order valence-electron chi connectivity index (χ4n) is 5.57. The summed E-state index contributed by atoms with van der Waals surface area (Å²) < 4.78 is 0. The Balaban J connectivity index is 1.88. The zero-order valence-corrected chi connectivity index (χ0v) is 8.64. The van der Waals surface area contributed by atoms with Crippen molar-refractivity contribution in [3.05, 3.63) is 11.1 Å². The molecule has 4 unspecified atom stereocenters. The molecule has 0 heteroatoms. The van der Waals surface area contributed by atoms with Gasteiger partial charge in [0, 0.05) is 0 Å². The fourth-order valence-corrected chi connectivity index (χ4v) is 5.57. The molecule has 0 saturated heterocycles. The van der Waals surface area contributed by atoms with Gasteiger partial charge in [0.15, 0.2) is 0 Å². The van der Waals surface area contributed by atoms with Gasteiger partial charge in [-0.3, -0.25) is 0 Å². The molecule has 0 amide bonds. The Kier molecular flexibility index (Phi) is 0.959. The number of hydrogen-bond donors (Lipinski definition) is 0. The summed E-state index contributed by atoms with van der Waals surface area (Å²) in [5.41, 5.74) is 4.46. The second-order valence-corrected chi connectivity index (χ2v) is 5.91. The van der Waals surface area contributed by atoms with Crippen LogP contribution in [-0.2, 0) is 0 Å². The first-order valence-electron chi connectivity index (χ1n) is 5.93. The number of rotatable bonds is 0. The van der Waals surface area contributed by atoms with E-state index in [1.54, 1.807) is 36.8 Å². The predicted molar refractivity (Wildman–Crippen MR) is 53.2 cm³/mol. The predicted octanol–water partition coefficient (Wildman–Crippen LogP) is 3.39. The highest BCUT2D eigenvalue weighted by atomic mass is 14.8. The second-order valence-electron chi connectivity index (χ2n) is 5.91. The normalized spacial score (nSPS) is 61.4. The van der Waals surface area contributed by atoms with Crippen LogP contribution in [0.2, 0.25) is 0 Å². The van der Waals surface area contributed by atoms with Crippen molar-refractivity contribution in [2.45, 2.75) is 39.5 Å². The lowest BCUT2D eigenvalue weighted by Crippen LogP contribution is -2.58. The summed E-state index contributed by atoms with van der Waals surface area (Å²) in [5.74, 6) is 4.38. The summed E-state index contributed by atoms with van der Waals surface area (Å²) in [6.45, 7) is 4.83. The van der Waals surface area contributed by atoms with E-state index < -0.39 is 0 Å². The van der Waals surface area contributed by atoms with Crippen LogP contribution in [0.5, 0.6) is 0 Å². The van der Waals surface area contributed by atoms with Gasteiger partial charge in [0.1, 0.15) is 0 Å². The van der Waals surface area contributed by atoms with Crippen LogP contribution in [0, 0.1) is 29.1 Å². The molecule has 4 aliphatic carbocycles. The molecular formula is C13H18. The lowest BCUT2D eigenvalue weighted by Gasteiger charge is -2.63. The molecule has 70 valence electrons. The Morgan fingerprint density at radius 2 is 1.38 bits per heavy atom. The van der Waals surface area contributed by atoms with Crippen LogP contribution >= 0.6 is 0 Å². The largest absolute Gasteiger partial charge is 0.0704 e. The molecule has 0 aliphatic heterocycles. The van der Waals surface area contributed by atoms with Crippen molar-refractivity contribution in [1.82, 2.24) is 0 Å². The van der Waals surface area contributed by atoms with Crippen LogP contribution in [0.1, 0.15) is 39.5 Å². The SMILES string of the molecule is CC1=C(C)C2CC3CCC4CC1C432. The minimum atomic E-state index is 0.869. The Bertz CT molecular complexity index is 291. The monoisotopic (exact) mass is 174 g/mol. The Labute approximate surface area is 80.4 Å². The Hall–Kier alpha value is -0.260. The topological polar surface area (TPSA) is 0 Å².